The number of rotatable bonds is 5. The molecule has 0 fully saturated rings. The highest BCUT2D eigenvalue weighted by Gasteiger charge is 2.10. The van der Waals surface area contributed by atoms with Crippen LogP contribution in [0.5, 0.6) is 0 Å². The van der Waals surface area contributed by atoms with E-state index in [1.54, 1.807) is 18.3 Å². The van der Waals surface area contributed by atoms with Crippen molar-refractivity contribution in [3.63, 3.8) is 0 Å². The largest absolute Gasteiger partial charge is 0.350 e. The normalized spacial score (nSPS) is 11.8. The maximum absolute atomic E-state index is 12.2. The molecule has 0 aliphatic rings. The fraction of sp³-hybridized carbons (Fsp3) is 0.294. The van der Waals surface area contributed by atoms with Gasteiger partial charge in [0.25, 0.3) is 5.91 Å². The summed E-state index contributed by atoms with van der Waals surface area (Å²) in [6.07, 6.45) is 2.54. The molecule has 1 atom stereocenters. The van der Waals surface area contributed by atoms with Crippen LogP contribution in [-0.2, 0) is 0 Å². The molecule has 1 unspecified atom stereocenters. The van der Waals surface area contributed by atoms with Crippen molar-refractivity contribution in [3.05, 3.63) is 52.1 Å². The Morgan fingerprint density at radius 2 is 2.09 bits per heavy atom. The highest BCUT2D eigenvalue weighted by atomic mass is 79.9. The number of hydrogen-bond acceptors (Lipinski definition) is 3. The molecule has 2 rings (SSSR count). The lowest BCUT2D eigenvalue weighted by molar-refractivity contribution is 0.0939. The number of halogens is 1. The molecule has 0 radical (unpaired) electrons. The van der Waals surface area contributed by atoms with Gasteiger partial charge in [0, 0.05) is 28.0 Å². The Hall–Kier alpha value is -1.88. The number of aromatic nitrogens is 1. The molecule has 1 aromatic carbocycles. The standard InChI is InChI=1S/C17H20BrN3O/c1-4-12(3)20-17(22)13-7-8-19-16(10-13)21-15-6-5-14(18)9-11(15)2/h5-10,12H,4H2,1-3H3,(H,19,21)(H,20,22). The van der Waals surface area contributed by atoms with Crippen LogP contribution in [0.25, 0.3) is 0 Å². The predicted molar refractivity (Wildman–Crippen MR) is 93.6 cm³/mol. The van der Waals surface area contributed by atoms with Crippen molar-refractivity contribution in [2.75, 3.05) is 5.32 Å². The second-order valence-electron chi connectivity index (χ2n) is 5.30. The number of nitrogens with zero attached hydrogens (tertiary/aromatic N) is 1. The van der Waals surface area contributed by atoms with Crippen LogP contribution in [0, 0.1) is 6.92 Å². The fourth-order valence-electron chi connectivity index (χ4n) is 1.95. The predicted octanol–water partition coefficient (Wildman–Crippen LogP) is 4.42. The fourth-order valence-corrected chi connectivity index (χ4v) is 2.43. The molecule has 116 valence electrons. The second-order valence-corrected chi connectivity index (χ2v) is 6.21. The van der Waals surface area contributed by atoms with Crippen molar-refractivity contribution in [2.45, 2.75) is 33.2 Å². The van der Waals surface area contributed by atoms with Gasteiger partial charge in [0.2, 0.25) is 0 Å². The van der Waals surface area contributed by atoms with E-state index in [0.717, 1.165) is 22.1 Å². The molecule has 22 heavy (non-hydrogen) atoms. The van der Waals surface area contributed by atoms with E-state index in [0.29, 0.717) is 11.4 Å². The number of carbonyl (C=O) groups is 1. The summed E-state index contributed by atoms with van der Waals surface area (Å²) < 4.78 is 1.03. The molecule has 0 aliphatic heterocycles. The molecular weight excluding hydrogens is 342 g/mol. The first-order valence-electron chi connectivity index (χ1n) is 7.29. The van der Waals surface area contributed by atoms with Gasteiger partial charge >= 0.3 is 0 Å². The number of carbonyl (C=O) groups excluding carboxylic acids is 1. The molecule has 1 amide bonds. The lowest BCUT2D eigenvalue weighted by Gasteiger charge is -2.13. The Kier molecular flexibility index (Phi) is 5.55. The number of benzene rings is 1. The number of amides is 1. The summed E-state index contributed by atoms with van der Waals surface area (Å²) in [5, 5.41) is 6.21. The number of nitrogens with one attached hydrogen (secondary N) is 2. The van der Waals surface area contributed by atoms with E-state index in [4.69, 9.17) is 0 Å². The Balaban J connectivity index is 2.16. The Bertz CT molecular complexity index is 673. The van der Waals surface area contributed by atoms with Crippen LogP contribution in [0.15, 0.2) is 41.0 Å². The summed E-state index contributed by atoms with van der Waals surface area (Å²) in [5.74, 6) is 0.578. The zero-order valence-corrected chi connectivity index (χ0v) is 14.6. The molecule has 1 heterocycles. The van der Waals surface area contributed by atoms with Gasteiger partial charge in [0.15, 0.2) is 0 Å². The van der Waals surface area contributed by atoms with Gasteiger partial charge in [-0.15, -0.1) is 0 Å². The molecule has 2 aromatic rings. The van der Waals surface area contributed by atoms with Crippen molar-refractivity contribution in [1.82, 2.24) is 10.3 Å². The molecule has 0 saturated carbocycles. The Morgan fingerprint density at radius 1 is 1.32 bits per heavy atom. The van der Waals surface area contributed by atoms with Gasteiger partial charge in [0.1, 0.15) is 5.82 Å². The number of hydrogen-bond donors (Lipinski definition) is 2. The zero-order valence-electron chi connectivity index (χ0n) is 13.0. The van der Waals surface area contributed by atoms with Crippen LogP contribution in [0.4, 0.5) is 11.5 Å². The SMILES string of the molecule is CCC(C)NC(=O)c1ccnc(Nc2ccc(Br)cc2C)c1. The first-order chi connectivity index (χ1) is 10.5. The minimum atomic E-state index is -0.0765. The molecule has 0 bridgehead atoms. The van der Waals surface area contributed by atoms with Crippen molar-refractivity contribution in [2.24, 2.45) is 0 Å². The quantitative estimate of drug-likeness (QED) is 0.828. The van der Waals surface area contributed by atoms with Crippen molar-refractivity contribution in [3.8, 4) is 0 Å². The van der Waals surface area contributed by atoms with E-state index < -0.39 is 0 Å². The van der Waals surface area contributed by atoms with E-state index in [9.17, 15) is 4.79 Å². The third-order valence-corrected chi connectivity index (χ3v) is 3.96. The molecule has 0 saturated heterocycles. The lowest BCUT2D eigenvalue weighted by atomic mass is 10.2. The van der Waals surface area contributed by atoms with Gasteiger partial charge in [-0.05, 0) is 56.2 Å². The highest BCUT2D eigenvalue weighted by molar-refractivity contribution is 9.10. The zero-order chi connectivity index (χ0) is 16.1. The maximum atomic E-state index is 12.2. The van der Waals surface area contributed by atoms with Crippen molar-refractivity contribution >= 4 is 33.3 Å². The Morgan fingerprint density at radius 3 is 2.77 bits per heavy atom. The first-order valence-corrected chi connectivity index (χ1v) is 8.09. The molecule has 0 aliphatic carbocycles. The van der Waals surface area contributed by atoms with Crippen LogP contribution < -0.4 is 10.6 Å². The number of anilines is 2. The minimum absolute atomic E-state index is 0.0765. The number of pyridine rings is 1. The van der Waals surface area contributed by atoms with Gasteiger partial charge in [-0.3, -0.25) is 4.79 Å². The van der Waals surface area contributed by atoms with Crippen molar-refractivity contribution in [1.29, 1.82) is 0 Å². The third kappa shape index (κ3) is 4.31. The van der Waals surface area contributed by atoms with Crippen LogP contribution in [0.1, 0.15) is 36.2 Å². The smallest absolute Gasteiger partial charge is 0.251 e. The molecular formula is C17H20BrN3O. The summed E-state index contributed by atoms with van der Waals surface area (Å²) in [4.78, 5) is 16.4. The van der Waals surface area contributed by atoms with Crippen LogP contribution >= 0.6 is 15.9 Å². The molecule has 1 aromatic heterocycles. The highest BCUT2D eigenvalue weighted by Crippen LogP contribution is 2.23. The van der Waals surface area contributed by atoms with Gasteiger partial charge in [-0.25, -0.2) is 4.98 Å². The maximum Gasteiger partial charge on any atom is 0.251 e. The van der Waals surface area contributed by atoms with E-state index in [1.807, 2.05) is 39.0 Å². The summed E-state index contributed by atoms with van der Waals surface area (Å²) in [7, 11) is 0. The molecule has 2 N–H and O–H groups in total. The molecule has 5 heteroatoms. The van der Waals surface area contributed by atoms with E-state index in [2.05, 4.69) is 31.5 Å². The van der Waals surface area contributed by atoms with Crippen LogP contribution in [-0.4, -0.2) is 16.9 Å². The molecule has 4 nitrogen and oxygen atoms in total. The average Bonchev–Trinajstić information content (AvgIpc) is 2.50. The van der Waals surface area contributed by atoms with Gasteiger partial charge in [-0.1, -0.05) is 22.9 Å². The average molecular weight is 362 g/mol. The van der Waals surface area contributed by atoms with Crippen LogP contribution in [0.3, 0.4) is 0 Å². The first kappa shape index (κ1) is 16.5. The lowest BCUT2D eigenvalue weighted by Crippen LogP contribution is -2.31. The monoisotopic (exact) mass is 361 g/mol. The summed E-state index contributed by atoms with van der Waals surface area (Å²) in [6.45, 7) is 6.05. The summed E-state index contributed by atoms with van der Waals surface area (Å²) in [6, 6.07) is 9.62. The van der Waals surface area contributed by atoms with E-state index >= 15 is 0 Å². The van der Waals surface area contributed by atoms with E-state index in [1.165, 1.54) is 0 Å². The summed E-state index contributed by atoms with van der Waals surface area (Å²) >= 11 is 3.45. The second kappa shape index (κ2) is 7.40. The molecule has 0 spiro atoms. The third-order valence-electron chi connectivity index (χ3n) is 3.46. The topological polar surface area (TPSA) is 54.0 Å². The number of aryl methyl sites for hydroxylation is 1. The summed E-state index contributed by atoms with van der Waals surface area (Å²) in [5.41, 5.74) is 2.67. The van der Waals surface area contributed by atoms with Gasteiger partial charge in [0.05, 0.1) is 0 Å². The van der Waals surface area contributed by atoms with Crippen LogP contribution in [0.2, 0.25) is 0 Å². The minimum Gasteiger partial charge on any atom is -0.350 e. The van der Waals surface area contributed by atoms with E-state index in [-0.39, 0.29) is 11.9 Å². The Labute approximate surface area is 139 Å². The van der Waals surface area contributed by atoms with Crippen molar-refractivity contribution < 1.29 is 4.79 Å². The van der Waals surface area contributed by atoms with Gasteiger partial charge < -0.3 is 10.6 Å². The van der Waals surface area contributed by atoms with Gasteiger partial charge in [-0.2, -0.15) is 0 Å².